The molecule has 1 amide bonds. The molecule has 4 aliphatic rings. The van der Waals surface area contributed by atoms with Crippen LogP contribution in [0.2, 0.25) is 5.02 Å². The predicted octanol–water partition coefficient (Wildman–Crippen LogP) is 3.54. The molecule has 0 bridgehead atoms. The zero-order valence-electron chi connectivity index (χ0n) is 19.1. The van der Waals surface area contributed by atoms with Crippen LogP contribution in [0, 0.1) is 11.2 Å². The second-order valence-electron chi connectivity index (χ2n) is 10.0. The van der Waals surface area contributed by atoms with Gasteiger partial charge in [-0.15, -0.1) is 0 Å². The zero-order valence-corrected chi connectivity index (χ0v) is 19.8. The summed E-state index contributed by atoms with van der Waals surface area (Å²) in [5, 5.41) is 22.5. The SMILES string of the molecule is C1CCC2(CC1)CC2.CC1(C)OC[C@H]([C@H]2O[C@H](O)[C@H](O)[C@@H]2NC(=O)c2ccc(F)cc2Cl)O1. The molecule has 9 heteroatoms. The second kappa shape index (κ2) is 9.76. The van der Waals surface area contributed by atoms with Crippen LogP contribution in [0.15, 0.2) is 18.2 Å². The molecule has 5 rings (SSSR count). The van der Waals surface area contributed by atoms with Crippen LogP contribution >= 0.6 is 11.6 Å². The average Bonchev–Trinajstić information content (AvgIpc) is 3.31. The molecule has 2 saturated carbocycles. The highest BCUT2D eigenvalue weighted by atomic mass is 35.5. The minimum atomic E-state index is -1.48. The molecular formula is C24H33ClFNO6. The van der Waals surface area contributed by atoms with Gasteiger partial charge < -0.3 is 29.7 Å². The number of rotatable bonds is 3. The Morgan fingerprint density at radius 3 is 2.39 bits per heavy atom. The Hall–Kier alpha value is -1.29. The van der Waals surface area contributed by atoms with Crippen molar-refractivity contribution in [1.29, 1.82) is 0 Å². The third kappa shape index (κ3) is 5.86. The standard InChI is InChI=1S/C16H19ClFNO6.C8H14/c1-16(2)23-6-10(25-16)13-11(12(20)15(22)24-13)19-14(21)8-4-3-7(18)5-9(8)17;1-2-4-8(5-3-1)6-7-8/h3-5,10-13,15,20,22H,6H2,1-2H3,(H,19,21);1-7H2/t10-,11+,12-,13-,15+;/m1./s1. The predicted molar refractivity (Wildman–Crippen MR) is 119 cm³/mol. The van der Waals surface area contributed by atoms with E-state index in [-0.39, 0.29) is 17.2 Å². The van der Waals surface area contributed by atoms with Gasteiger partial charge in [-0.05, 0) is 63.1 Å². The summed E-state index contributed by atoms with van der Waals surface area (Å²) in [4.78, 5) is 12.4. The highest BCUT2D eigenvalue weighted by Gasteiger charge is 2.51. The molecule has 2 heterocycles. The average molecular weight is 486 g/mol. The largest absolute Gasteiger partial charge is 0.386 e. The monoisotopic (exact) mass is 485 g/mol. The van der Waals surface area contributed by atoms with Crippen LogP contribution in [0.5, 0.6) is 0 Å². The maximum absolute atomic E-state index is 13.1. The van der Waals surface area contributed by atoms with Crippen molar-refractivity contribution in [2.45, 2.75) is 95.2 Å². The topological polar surface area (TPSA) is 97.3 Å². The summed E-state index contributed by atoms with van der Waals surface area (Å²) in [6.07, 6.45) is 6.57. The van der Waals surface area contributed by atoms with Crippen LogP contribution in [0.1, 0.15) is 69.2 Å². The van der Waals surface area contributed by atoms with Crippen molar-refractivity contribution in [3.8, 4) is 0 Å². The van der Waals surface area contributed by atoms with Gasteiger partial charge in [0.25, 0.3) is 5.91 Å². The normalized spacial score (nSPS) is 33.9. The minimum absolute atomic E-state index is 0.0410. The van der Waals surface area contributed by atoms with E-state index < -0.39 is 48.2 Å². The molecule has 0 unspecified atom stereocenters. The lowest BCUT2D eigenvalue weighted by atomic mass is 9.87. The fourth-order valence-electron chi connectivity index (χ4n) is 4.94. The van der Waals surface area contributed by atoms with Gasteiger partial charge >= 0.3 is 0 Å². The molecule has 184 valence electrons. The Morgan fingerprint density at radius 2 is 1.85 bits per heavy atom. The first kappa shape index (κ1) is 24.8. The van der Waals surface area contributed by atoms with Crippen molar-refractivity contribution in [1.82, 2.24) is 5.32 Å². The van der Waals surface area contributed by atoms with Crippen molar-refractivity contribution >= 4 is 17.5 Å². The molecule has 2 aliphatic heterocycles. The lowest BCUT2D eigenvalue weighted by molar-refractivity contribution is -0.175. The van der Waals surface area contributed by atoms with Gasteiger partial charge in [0.2, 0.25) is 0 Å². The Kier molecular flexibility index (Phi) is 7.34. The van der Waals surface area contributed by atoms with Crippen molar-refractivity contribution in [2.75, 3.05) is 6.61 Å². The van der Waals surface area contributed by atoms with E-state index >= 15 is 0 Å². The molecule has 0 radical (unpaired) electrons. The van der Waals surface area contributed by atoms with Crippen molar-refractivity contribution in [2.24, 2.45) is 5.41 Å². The van der Waals surface area contributed by atoms with Crippen LogP contribution in [0.25, 0.3) is 0 Å². The summed E-state index contributed by atoms with van der Waals surface area (Å²) >= 11 is 5.89. The Labute approximate surface area is 198 Å². The summed E-state index contributed by atoms with van der Waals surface area (Å²) in [5.74, 6) is -2.03. The van der Waals surface area contributed by atoms with Crippen LogP contribution in [-0.4, -0.2) is 59.2 Å². The highest BCUT2D eigenvalue weighted by Crippen LogP contribution is 2.55. The molecule has 5 atom stereocenters. The molecule has 3 N–H and O–H groups in total. The van der Waals surface area contributed by atoms with Crippen LogP contribution < -0.4 is 5.32 Å². The van der Waals surface area contributed by atoms with E-state index in [2.05, 4.69) is 5.32 Å². The molecule has 1 aromatic rings. The number of hydrogen-bond donors (Lipinski definition) is 3. The van der Waals surface area contributed by atoms with Crippen LogP contribution in [-0.2, 0) is 14.2 Å². The van der Waals surface area contributed by atoms with E-state index in [1.165, 1.54) is 25.3 Å². The number of carbonyl (C=O) groups is 1. The van der Waals surface area contributed by atoms with Crippen LogP contribution in [0.3, 0.4) is 0 Å². The van der Waals surface area contributed by atoms with E-state index in [1.807, 2.05) is 0 Å². The van der Waals surface area contributed by atoms with E-state index in [4.69, 9.17) is 25.8 Å². The summed E-state index contributed by atoms with van der Waals surface area (Å²) in [6.45, 7) is 3.63. The Morgan fingerprint density at radius 1 is 1.15 bits per heavy atom. The first-order valence-corrected chi connectivity index (χ1v) is 12.1. The van der Waals surface area contributed by atoms with Crippen molar-refractivity contribution in [3.63, 3.8) is 0 Å². The molecule has 2 aliphatic carbocycles. The first-order chi connectivity index (χ1) is 15.6. The third-order valence-corrected chi connectivity index (χ3v) is 7.36. The van der Waals surface area contributed by atoms with Gasteiger partial charge in [-0.1, -0.05) is 30.9 Å². The lowest BCUT2D eigenvalue weighted by Gasteiger charge is -2.26. The van der Waals surface area contributed by atoms with Gasteiger partial charge in [-0.3, -0.25) is 4.79 Å². The number of amides is 1. The van der Waals surface area contributed by atoms with Gasteiger partial charge in [-0.2, -0.15) is 0 Å². The van der Waals surface area contributed by atoms with Gasteiger partial charge in [0, 0.05) is 0 Å². The van der Waals surface area contributed by atoms with Gasteiger partial charge in [0.05, 0.1) is 23.2 Å². The van der Waals surface area contributed by atoms with E-state index in [9.17, 15) is 19.4 Å². The Bertz CT molecular complexity index is 855. The summed E-state index contributed by atoms with van der Waals surface area (Å²) in [5.41, 5.74) is 0.970. The molecule has 33 heavy (non-hydrogen) atoms. The molecule has 0 aromatic heterocycles. The quantitative estimate of drug-likeness (QED) is 0.606. The third-order valence-electron chi connectivity index (χ3n) is 7.05. The number of halogens is 2. The van der Waals surface area contributed by atoms with E-state index in [1.54, 1.807) is 39.5 Å². The van der Waals surface area contributed by atoms with E-state index in [0.29, 0.717) is 0 Å². The molecule has 1 aromatic carbocycles. The van der Waals surface area contributed by atoms with Gasteiger partial charge in [0.15, 0.2) is 12.1 Å². The summed E-state index contributed by atoms with van der Waals surface area (Å²) < 4.78 is 29.6. The number of aliphatic hydroxyl groups excluding tert-OH is 2. The number of nitrogens with one attached hydrogen (secondary N) is 1. The Balaban J connectivity index is 0.000000269. The number of benzene rings is 1. The first-order valence-electron chi connectivity index (χ1n) is 11.7. The van der Waals surface area contributed by atoms with Crippen LogP contribution in [0.4, 0.5) is 4.39 Å². The van der Waals surface area contributed by atoms with Crippen molar-refractivity contribution < 1.29 is 33.6 Å². The fraction of sp³-hybridized carbons (Fsp3) is 0.708. The highest BCUT2D eigenvalue weighted by molar-refractivity contribution is 6.33. The maximum atomic E-state index is 13.1. The number of aliphatic hydroxyl groups is 2. The maximum Gasteiger partial charge on any atom is 0.253 e. The lowest BCUT2D eigenvalue weighted by Crippen LogP contribution is -2.51. The smallest absolute Gasteiger partial charge is 0.253 e. The number of ether oxygens (including phenoxy) is 3. The van der Waals surface area contributed by atoms with Gasteiger partial charge in [0.1, 0.15) is 24.1 Å². The molecule has 2 saturated heterocycles. The van der Waals surface area contributed by atoms with E-state index in [0.717, 1.165) is 17.5 Å². The molecule has 7 nitrogen and oxygen atoms in total. The van der Waals surface area contributed by atoms with Gasteiger partial charge in [-0.25, -0.2) is 4.39 Å². The fourth-order valence-corrected chi connectivity index (χ4v) is 5.20. The number of hydrogen-bond acceptors (Lipinski definition) is 6. The molecule has 1 spiro atoms. The second-order valence-corrected chi connectivity index (χ2v) is 10.4. The molecule has 4 fully saturated rings. The number of carbonyl (C=O) groups excluding carboxylic acids is 1. The van der Waals surface area contributed by atoms with Crippen molar-refractivity contribution in [3.05, 3.63) is 34.6 Å². The zero-order chi connectivity index (χ0) is 23.8. The molecular weight excluding hydrogens is 453 g/mol. The summed E-state index contributed by atoms with van der Waals surface area (Å²) in [7, 11) is 0. The summed E-state index contributed by atoms with van der Waals surface area (Å²) in [6, 6.07) is 2.40. The minimum Gasteiger partial charge on any atom is -0.386 e.